The molecule has 100 valence electrons. The van der Waals surface area contributed by atoms with E-state index in [1.165, 1.54) is 24.3 Å². The van der Waals surface area contributed by atoms with Gasteiger partial charge in [-0.3, -0.25) is 9.59 Å². The largest absolute Gasteiger partial charge is 0.322 e. The highest BCUT2D eigenvalue weighted by Gasteiger charge is 2.14. The fourth-order valence-corrected chi connectivity index (χ4v) is 1.82. The molecule has 0 atom stereocenters. The van der Waals surface area contributed by atoms with Gasteiger partial charge in [0.1, 0.15) is 0 Å². The number of hydrogen-bond donors (Lipinski definition) is 2. The fraction of sp³-hybridized carbons (Fsp3) is 0.0833. The maximum Gasteiger partial charge on any atom is 0.259 e. The molecule has 0 bridgehead atoms. The Morgan fingerprint density at radius 1 is 1.26 bits per heavy atom. The second kappa shape index (κ2) is 5.57. The number of ketones is 1. The molecule has 7 heteroatoms. The van der Waals surface area contributed by atoms with Crippen molar-refractivity contribution in [2.75, 3.05) is 11.6 Å². The molecule has 0 radical (unpaired) electrons. The number of Topliss-reactive ketones (excluding diaryl/α,β-unsaturated/α-hetero) is 1. The van der Waals surface area contributed by atoms with Gasteiger partial charge in [0.2, 0.25) is 5.78 Å². The molecule has 0 aromatic heterocycles. The Labute approximate surface area is 110 Å². The van der Waals surface area contributed by atoms with Gasteiger partial charge >= 0.3 is 0 Å². The Morgan fingerprint density at radius 3 is 2.21 bits per heavy atom. The lowest BCUT2D eigenvalue weighted by atomic mass is 10.2. The van der Waals surface area contributed by atoms with Crippen LogP contribution in [-0.2, 0) is 19.4 Å². The van der Waals surface area contributed by atoms with Crippen molar-refractivity contribution in [3.05, 3.63) is 36.4 Å². The van der Waals surface area contributed by atoms with Crippen LogP contribution in [0.3, 0.4) is 0 Å². The molecule has 0 aliphatic carbocycles. The first kappa shape index (κ1) is 14.8. The Morgan fingerprint density at radius 2 is 1.79 bits per heavy atom. The molecule has 2 N–H and O–H groups in total. The van der Waals surface area contributed by atoms with Crippen molar-refractivity contribution in [1.29, 1.82) is 5.41 Å². The van der Waals surface area contributed by atoms with Crippen molar-refractivity contribution in [2.24, 2.45) is 0 Å². The van der Waals surface area contributed by atoms with E-state index in [9.17, 15) is 18.0 Å². The van der Waals surface area contributed by atoms with Crippen LogP contribution in [0, 0.1) is 5.41 Å². The number of benzene rings is 1. The fourth-order valence-electron chi connectivity index (χ4n) is 1.19. The average molecular weight is 280 g/mol. The topological polar surface area (TPSA) is 104 Å². The quantitative estimate of drug-likeness (QED) is 0.360. The monoisotopic (exact) mass is 280 g/mol. The van der Waals surface area contributed by atoms with Crippen molar-refractivity contribution in [1.82, 2.24) is 0 Å². The van der Waals surface area contributed by atoms with Crippen molar-refractivity contribution in [3.8, 4) is 0 Å². The first-order valence-corrected chi connectivity index (χ1v) is 7.00. The van der Waals surface area contributed by atoms with E-state index in [0.717, 1.165) is 6.26 Å². The van der Waals surface area contributed by atoms with Gasteiger partial charge in [-0.1, -0.05) is 6.58 Å². The predicted molar refractivity (Wildman–Crippen MR) is 71.1 cm³/mol. The summed E-state index contributed by atoms with van der Waals surface area (Å²) in [5.74, 6) is -1.52. The number of carbonyl (C=O) groups is 2. The smallest absolute Gasteiger partial charge is 0.259 e. The van der Waals surface area contributed by atoms with E-state index in [1.54, 1.807) is 0 Å². The molecule has 1 aromatic rings. The molecule has 0 saturated heterocycles. The first-order chi connectivity index (χ1) is 8.75. The molecule has 1 aromatic carbocycles. The summed E-state index contributed by atoms with van der Waals surface area (Å²) >= 11 is 0. The lowest BCUT2D eigenvalue weighted by Crippen LogP contribution is -2.20. The summed E-state index contributed by atoms with van der Waals surface area (Å²) in [6.45, 7) is 3.27. The number of hydrogen-bond acceptors (Lipinski definition) is 5. The molecule has 1 amide bonds. The van der Waals surface area contributed by atoms with Gasteiger partial charge in [-0.2, -0.15) is 0 Å². The second-order valence-electron chi connectivity index (χ2n) is 3.74. The van der Waals surface area contributed by atoms with Crippen LogP contribution in [0.5, 0.6) is 0 Å². The van der Waals surface area contributed by atoms with Crippen LogP contribution < -0.4 is 5.32 Å². The third kappa shape index (κ3) is 3.85. The number of carbonyl (C=O) groups excluding carboxylic acids is 2. The first-order valence-electron chi connectivity index (χ1n) is 5.11. The number of anilines is 1. The maximum atomic E-state index is 11.5. The molecule has 1 rings (SSSR count). The van der Waals surface area contributed by atoms with E-state index in [-0.39, 0.29) is 10.5 Å². The summed E-state index contributed by atoms with van der Waals surface area (Å²) in [7, 11) is -3.30. The average Bonchev–Trinajstić information content (AvgIpc) is 2.36. The summed E-state index contributed by atoms with van der Waals surface area (Å²) in [4.78, 5) is 22.7. The van der Waals surface area contributed by atoms with E-state index in [1.807, 2.05) is 0 Å². The zero-order valence-electron chi connectivity index (χ0n) is 10.1. The van der Waals surface area contributed by atoms with Crippen molar-refractivity contribution < 1.29 is 18.0 Å². The van der Waals surface area contributed by atoms with Gasteiger partial charge in [0.15, 0.2) is 9.84 Å². The van der Waals surface area contributed by atoms with Crippen LogP contribution in [-0.4, -0.2) is 32.6 Å². The predicted octanol–water partition coefficient (Wildman–Crippen LogP) is 0.803. The standard InChI is InChI=1S/C12H12N2O4S/c1-8(11(15)7-13)12(16)14-9-3-5-10(6-4-9)19(2,17)18/h3-7,13H,1H2,2H3,(H,14,16). The van der Waals surface area contributed by atoms with E-state index in [0.29, 0.717) is 11.9 Å². The Kier molecular flexibility index (Phi) is 4.34. The van der Waals surface area contributed by atoms with Crippen LogP contribution >= 0.6 is 0 Å². The highest BCUT2D eigenvalue weighted by atomic mass is 32.2. The molecular weight excluding hydrogens is 268 g/mol. The molecule has 0 spiro atoms. The van der Waals surface area contributed by atoms with Crippen LogP contribution in [0.1, 0.15) is 0 Å². The molecule has 0 fully saturated rings. The van der Waals surface area contributed by atoms with Gasteiger partial charge in [-0.05, 0) is 24.3 Å². The zero-order valence-corrected chi connectivity index (χ0v) is 11.0. The number of nitrogens with one attached hydrogen (secondary N) is 2. The van der Waals surface area contributed by atoms with Crippen molar-refractivity contribution in [3.63, 3.8) is 0 Å². The lowest BCUT2D eigenvalue weighted by Gasteiger charge is -2.06. The minimum absolute atomic E-state index is 0.125. The van der Waals surface area contributed by atoms with E-state index in [2.05, 4.69) is 11.9 Å². The second-order valence-corrected chi connectivity index (χ2v) is 5.75. The number of rotatable bonds is 5. The molecule has 19 heavy (non-hydrogen) atoms. The van der Waals surface area contributed by atoms with Gasteiger partial charge in [-0.25, -0.2) is 8.42 Å². The van der Waals surface area contributed by atoms with Gasteiger partial charge in [0, 0.05) is 11.9 Å². The van der Waals surface area contributed by atoms with Gasteiger partial charge < -0.3 is 10.7 Å². The van der Waals surface area contributed by atoms with E-state index in [4.69, 9.17) is 5.41 Å². The number of amides is 1. The van der Waals surface area contributed by atoms with Gasteiger partial charge in [0.25, 0.3) is 5.91 Å². The molecular formula is C12H12N2O4S. The van der Waals surface area contributed by atoms with Crippen molar-refractivity contribution in [2.45, 2.75) is 4.90 Å². The summed E-state index contributed by atoms with van der Waals surface area (Å²) in [5.41, 5.74) is -0.0291. The number of sulfone groups is 1. The molecule has 6 nitrogen and oxygen atoms in total. The zero-order chi connectivity index (χ0) is 14.6. The molecule has 0 heterocycles. The van der Waals surface area contributed by atoms with Crippen LogP contribution in [0.15, 0.2) is 41.3 Å². The molecule has 0 saturated carbocycles. The molecule has 0 aliphatic heterocycles. The third-order valence-corrected chi connectivity index (χ3v) is 3.37. The summed E-state index contributed by atoms with van der Waals surface area (Å²) in [6, 6.07) is 5.48. The van der Waals surface area contributed by atoms with Crippen LogP contribution in [0.2, 0.25) is 0 Å². The normalized spacial score (nSPS) is 10.6. The van der Waals surface area contributed by atoms with Crippen LogP contribution in [0.25, 0.3) is 0 Å². The lowest BCUT2D eigenvalue weighted by molar-refractivity contribution is -0.116. The Balaban J connectivity index is 2.85. The highest BCUT2D eigenvalue weighted by molar-refractivity contribution is 7.90. The maximum absolute atomic E-state index is 11.5. The minimum Gasteiger partial charge on any atom is -0.322 e. The summed E-state index contributed by atoms with van der Waals surface area (Å²) in [6.07, 6.45) is 1.57. The highest BCUT2D eigenvalue weighted by Crippen LogP contribution is 2.14. The van der Waals surface area contributed by atoms with Gasteiger partial charge in [-0.15, -0.1) is 0 Å². The Bertz CT molecular complexity index is 645. The van der Waals surface area contributed by atoms with Gasteiger partial charge in [0.05, 0.1) is 16.7 Å². The van der Waals surface area contributed by atoms with Crippen molar-refractivity contribution >= 4 is 33.4 Å². The van der Waals surface area contributed by atoms with E-state index < -0.39 is 21.5 Å². The minimum atomic E-state index is -3.30. The SMILES string of the molecule is C=C(C(=O)C=N)C(=O)Nc1ccc(S(C)(=O)=O)cc1. The van der Waals surface area contributed by atoms with E-state index >= 15 is 0 Å². The Hall–Kier alpha value is -2.28. The van der Waals surface area contributed by atoms with Crippen LogP contribution in [0.4, 0.5) is 5.69 Å². The summed E-state index contributed by atoms with van der Waals surface area (Å²) in [5, 5.41) is 9.11. The molecule has 0 aliphatic rings. The summed E-state index contributed by atoms with van der Waals surface area (Å²) < 4.78 is 22.5. The third-order valence-electron chi connectivity index (χ3n) is 2.24. The molecule has 0 unspecified atom stereocenters.